The second-order valence-corrected chi connectivity index (χ2v) is 8.13. The number of likely N-dealkylation sites (tertiary alicyclic amines) is 1. The van der Waals surface area contributed by atoms with Crippen LogP contribution in [0.15, 0.2) is 64.8 Å². The summed E-state index contributed by atoms with van der Waals surface area (Å²) in [4.78, 5) is 27.6. The van der Waals surface area contributed by atoms with Gasteiger partial charge in [-0.05, 0) is 55.3 Å². The molecule has 1 unspecified atom stereocenters. The van der Waals surface area contributed by atoms with Gasteiger partial charge in [0.25, 0.3) is 11.7 Å². The molecule has 0 radical (unpaired) electrons. The topological polar surface area (TPSA) is 80.0 Å². The summed E-state index contributed by atoms with van der Waals surface area (Å²) in [5.74, 6) is -0.982. The van der Waals surface area contributed by atoms with Crippen LogP contribution in [-0.2, 0) is 16.1 Å². The summed E-state index contributed by atoms with van der Waals surface area (Å²) in [6, 6.07) is 13.1. The Bertz CT molecular complexity index is 1230. The molecule has 3 aromatic rings. The van der Waals surface area contributed by atoms with Crippen LogP contribution >= 0.6 is 11.6 Å². The molecule has 4 rings (SSSR count). The largest absolute Gasteiger partial charge is 0.507 e. The maximum absolute atomic E-state index is 13.1. The third-order valence-electron chi connectivity index (χ3n) is 5.62. The van der Waals surface area contributed by atoms with Crippen LogP contribution in [0.4, 0.5) is 0 Å². The minimum absolute atomic E-state index is 0.0449. The van der Waals surface area contributed by atoms with Crippen molar-refractivity contribution < 1.29 is 23.8 Å². The molecule has 0 bridgehead atoms. The molecule has 1 N–H and O–H groups in total. The van der Waals surface area contributed by atoms with Crippen molar-refractivity contribution in [1.82, 2.24) is 4.90 Å². The highest BCUT2D eigenvalue weighted by molar-refractivity contribution is 6.46. The highest BCUT2D eigenvalue weighted by Gasteiger charge is 2.47. The average molecular weight is 452 g/mol. The molecule has 0 spiro atoms. The van der Waals surface area contributed by atoms with Crippen molar-refractivity contribution in [1.29, 1.82) is 0 Å². The number of aliphatic hydroxyl groups excluding tert-OH is 1. The van der Waals surface area contributed by atoms with Gasteiger partial charge in [0.05, 0.1) is 24.0 Å². The number of benzene rings is 2. The van der Waals surface area contributed by atoms with Crippen LogP contribution in [0.1, 0.15) is 34.1 Å². The first-order valence-electron chi connectivity index (χ1n) is 10.0. The maximum Gasteiger partial charge on any atom is 0.296 e. The number of hydrogen-bond acceptors (Lipinski definition) is 5. The van der Waals surface area contributed by atoms with E-state index < -0.39 is 17.7 Å². The van der Waals surface area contributed by atoms with Gasteiger partial charge < -0.3 is 19.2 Å². The number of nitrogens with zero attached hydrogens (tertiary/aromatic N) is 1. The van der Waals surface area contributed by atoms with Gasteiger partial charge in [-0.15, -0.1) is 0 Å². The monoisotopic (exact) mass is 451 g/mol. The molecule has 6 nitrogen and oxygen atoms in total. The Labute approximate surface area is 190 Å². The highest BCUT2D eigenvalue weighted by Crippen LogP contribution is 2.41. The number of aliphatic hydroxyl groups is 1. The molecular formula is C25H22ClNO5. The minimum atomic E-state index is -0.870. The van der Waals surface area contributed by atoms with Crippen LogP contribution in [0, 0.1) is 13.8 Å². The van der Waals surface area contributed by atoms with Crippen molar-refractivity contribution in [3.05, 3.63) is 93.4 Å². The zero-order valence-electron chi connectivity index (χ0n) is 17.9. The van der Waals surface area contributed by atoms with E-state index in [2.05, 4.69) is 0 Å². The number of carbonyl (C=O) groups excluding carboxylic acids is 2. The van der Waals surface area contributed by atoms with E-state index >= 15 is 0 Å². The first kappa shape index (κ1) is 21.7. The van der Waals surface area contributed by atoms with Gasteiger partial charge in [0.15, 0.2) is 0 Å². The summed E-state index contributed by atoms with van der Waals surface area (Å²) in [6.07, 6.45) is 1.47. The zero-order valence-corrected chi connectivity index (χ0v) is 18.6. The second-order valence-electron chi connectivity index (χ2n) is 7.72. The fourth-order valence-electron chi connectivity index (χ4n) is 3.91. The van der Waals surface area contributed by atoms with Crippen molar-refractivity contribution in [2.45, 2.75) is 26.4 Å². The lowest BCUT2D eigenvalue weighted by atomic mass is 9.98. The molecule has 0 aliphatic carbocycles. The molecule has 1 fully saturated rings. The number of hydrogen-bond donors (Lipinski definition) is 1. The molecule has 1 aliphatic rings. The predicted octanol–water partition coefficient (Wildman–Crippen LogP) is 5.18. The normalized spacial score (nSPS) is 17.8. The summed E-state index contributed by atoms with van der Waals surface area (Å²) in [6.45, 7) is 4.12. The second kappa shape index (κ2) is 8.55. The first-order chi connectivity index (χ1) is 15.3. The van der Waals surface area contributed by atoms with Crippen molar-refractivity contribution in [3.8, 4) is 5.75 Å². The Morgan fingerprint density at radius 2 is 1.94 bits per heavy atom. The van der Waals surface area contributed by atoms with Crippen LogP contribution in [0.2, 0.25) is 5.02 Å². The Morgan fingerprint density at radius 3 is 2.59 bits per heavy atom. The van der Waals surface area contributed by atoms with Gasteiger partial charge in [0, 0.05) is 12.1 Å². The van der Waals surface area contributed by atoms with Crippen molar-refractivity contribution in [2.75, 3.05) is 7.11 Å². The lowest BCUT2D eigenvalue weighted by Crippen LogP contribution is -2.29. The van der Waals surface area contributed by atoms with E-state index in [1.54, 1.807) is 24.3 Å². The Morgan fingerprint density at radius 1 is 1.16 bits per heavy atom. The molecule has 1 aliphatic heterocycles. The standard InChI is InChI=1S/C25H22ClNO5/c1-14-6-7-15(2)17(11-14)13-27-22(20-5-4-10-32-20)21(24(29)25(27)30)23(28)16-8-9-19(31-3)18(26)12-16/h4-12,22,28H,13H2,1-3H3/b23-21-. The summed E-state index contributed by atoms with van der Waals surface area (Å²) < 4.78 is 10.7. The van der Waals surface area contributed by atoms with Crippen molar-refractivity contribution in [3.63, 3.8) is 0 Å². The summed E-state index contributed by atoms with van der Waals surface area (Å²) in [5.41, 5.74) is 3.21. The predicted molar refractivity (Wildman–Crippen MR) is 120 cm³/mol. The Hall–Kier alpha value is -3.51. The van der Waals surface area contributed by atoms with Gasteiger partial charge >= 0.3 is 0 Å². The lowest BCUT2D eigenvalue weighted by molar-refractivity contribution is -0.140. The van der Waals surface area contributed by atoms with E-state index in [0.29, 0.717) is 17.1 Å². The van der Waals surface area contributed by atoms with Gasteiger partial charge in [-0.25, -0.2) is 0 Å². The molecule has 32 heavy (non-hydrogen) atoms. The number of ketones is 1. The molecule has 1 amide bonds. The number of furan rings is 1. The van der Waals surface area contributed by atoms with Crippen LogP contribution in [0.5, 0.6) is 5.75 Å². The van der Waals surface area contributed by atoms with Crippen LogP contribution in [0.3, 0.4) is 0 Å². The van der Waals surface area contributed by atoms with E-state index in [9.17, 15) is 14.7 Å². The van der Waals surface area contributed by atoms with Gasteiger partial charge in [-0.2, -0.15) is 0 Å². The number of ether oxygens (including phenoxy) is 1. The zero-order chi connectivity index (χ0) is 23.0. The first-order valence-corrected chi connectivity index (χ1v) is 10.4. The van der Waals surface area contributed by atoms with E-state index in [1.165, 1.54) is 24.3 Å². The molecule has 1 aromatic heterocycles. The van der Waals surface area contributed by atoms with E-state index in [4.69, 9.17) is 20.8 Å². The number of methoxy groups -OCH3 is 1. The summed E-state index contributed by atoms with van der Waals surface area (Å²) in [5, 5.41) is 11.4. The summed E-state index contributed by atoms with van der Waals surface area (Å²) in [7, 11) is 1.48. The molecule has 164 valence electrons. The number of carbonyl (C=O) groups is 2. The Kier molecular flexibility index (Phi) is 5.80. The number of halogens is 1. The smallest absolute Gasteiger partial charge is 0.296 e. The van der Waals surface area contributed by atoms with E-state index in [-0.39, 0.29) is 22.9 Å². The maximum atomic E-state index is 13.1. The molecule has 7 heteroatoms. The Balaban J connectivity index is 1.84. The average Bonchev–Trinajstić information content (AvgIpc) is 3.38. The van der Waals surface area contributed by atoms with E-state index in [1.807, 2.05) is 32.0 Å². The minimum Gasteiger partial charge on any atom is -0.507 e. The van der Waals surface area contributed by atoms with E-state index in [0.717, 1.165) is 16.7 Å². The number of aryl methyl sites for hydroxylation is 2. The molecule has 1 atom stereocenters. The van der Waals surface area contributed by atoms with Gasteiger partial charge in [-0.1, -0.05) is 35.4 Å². The highest BCUT2D eigenvalue weighted by atomic mass is 35.5. The number of amides is 1. The quantitative estimate of drug-likeness (QED) is 0.328. The molecule has 2 aromatic carbocycles. The fourth-order valence-corrected chi connectivity index (χ4v) is 4.17. The molecular weight excluding hydrogens is 430 g/mol. The summed E-state index contributed by atoms with van der Waals surface area (Å²) >= 11 is 6.21. The number of rotatable bonds is 5. The molecule has 1 saturated heterocycles. The van der Waals surface area contributed by atoms with Crippen LogP contribution in [0.25, 0.3) is 5.76 Å². The molecule has 0 saturated carbocycles. The third kappa shape index (κ3) is 3.78. The van der Waals surface area contributed by atoms with Gasteiger partial charge in [0.1, 0.15) is 23.3 Å². The van der Waals surface area contributed by atoms with Crippen molar-refractivity contribution >= 4 is 29.1 Å². The van der Waals surface area contributed by atoms with Gasteiger partial charge in [-0.3, -0.25) is 9.59 Å². The number of Topliss-reactive ketones (excluding diaryl/α,β-unsaturated/α-hetero) is 1. The molecule has 2 heterocycles. The van der Waals surface area contributed by atoms with Crippen molar-refractivity contribution in [2.24, 2.45) is 0 Å². The van der Waals surface area contributed by atoms with Crippen LogP contribution in [-0.4, -0.2) is 28.8 Å². The van der Waals surface area contributed by atoms with Crippen LogP contribution < -0.4 is 4.74 Å². The lowest BCUT2D eigenvalue weighted by Gasteiger charge is -2.24. The third-order valence-corrected chi connectivity index (χ3v) is 5.92. The van der Waals surface area contributed by atoms with Gasteiger partial charge in [0.2, 0.25) is 0 Å². The SMILES string of the molecule is COc1ccc(/C(O)=C2/C(=O)C(=O)N(Cc3cc(C)ccc3C)C2c2ccco2)cc1Cl. The fraction of sp³-hybridized carbons (Fsp3) is 0.200.